The number of aromatic nitrogens is 2. The highest BCUT2D eigenvalue weighted by Crippen LogP contribution is 2.22. The highest BCUT2D eigenvalue weighted by molar-refractivity contribution is 5.68. The fraction of sp³-hybridized carbons (Fsp3) is 0.267. The largest absolute Gasteiger partial charge is 0.475 e. The Balaban J connectivity index is 2.16. The third-order valence-corrected chi connectivity index (χ3v) is 2.75. The first-order chi connectivity index (χ1) is 10.1. The summed E-state index contributed by atoms with van der Waals surface area (Å²) in [4.78, 5) is 8.37. The lowest BCUT2D eigenvalue weighted by Crippen LogP contribution is -2.11. The van der Waals surface area contributed by atoms with Crippen LogP contribution in [0.25, 0.3) is 0 Å². The smallest absolute Gasteiger partial charge is 0.218 e. The van der Waals surface area contributed by atoms with Crippen LogP contribution in [0.1, 0.15) is 25.0 Å². The predicted molar refractivity (Wildman–Crippen MR) is 80.7 cm³/mol. The van der Waals surface area contributed by atoms with Crippen molar-refractivity contribution in [3.63, 3.8) is 0 Å². The number of pyridine rings is 2. The Morgan fingerprint density at radius 1 is 1.33 bits per heavy atom. The molecule has 0 atom stereocenters. The Morgan fingerprint density at radius 3 is 2.86 bits per heavy atom. The van der Waals surface area contributed by atoms with Crippen LogP contribution in [0, 0.1) is 11.3 Å². The Morgan fingerprint density at radius 2 is 2.14 bits per heavy atom. The topological polar surface area (TPSA) is 96.8 Å². The zero-order valence-corrected chi connectivity index (χ0v) is 12.0. The van der Waals surface area contributed by atoms with Crippen molar-refractivity contribution in [1.29, 1.82) is 5.26 Å². The van der Waals surface area contributed by atoms with Gasteiger partial charge in [-0.25, -0.2) is 9.97 Å². The Hall–Kier alpha value is -2.81. The molecule has 2 heterocycles. The summed E-state index contributed by atoms with van der Waals surface area (Å²) in [5.74, 6) is 1.06. The highest BCUT2D eigenvalue weighted by Gasteiger charge is 2.09. The number of rotatable bonds is 5. The molecule has 0 unspecified atom stereocenters. The summed E-state index contributed by atoms with van der Waals surface area (Å²) in [5.41, 5.74) is 7.52. The van der Waals surface area contributed by atoms with Gasteiger partial charge in [-0.05, 0) is 26.0 Å². The van der Waals surface area contributed by atoms with Crippen molar-refractivity contribution in [2.45, 2.75) is 26.5 Å². The monoisotopic (exact) mass is 283 g/mol. The normalized spacial score (nSPS) is 10.2. The van der Waals surface area contributed by atoms with Crippen molar-refractivity contribution >= 4 is 11.5 Å². The number of nitriles is 1. The summed E-state index contributed by atoms with van der Waals surface area (Å²) in [5, 5.41) is 12.1. The van der Waals surface area contributed by atoms with Gasteiger partial charge in [0.1, 0.15) is 6.07 Å². The minimum Gasteiger partial charge on any atom is -0.475 e. The molecule has 0 aromatic carbocycles. The van der Waals surface area contributed by atoms with E-state index in [0.717, 1.165) is 5.56 Å². The first kappa shape index (κ1) is 14.6. The Bertz CT molecular complexity index is 663. The number of ether oxygens (including phenoxy) is 1. The van der Waals surface area contributed by atoms with Crippen LogP contribution in [-0.2, 0) is 6.54 Å². The van der Waals surface area contributed by atoms with E-state index in [2.05, 4.69) is 15.3 Å². The number of nitrogen functional groups attached to an aromatic ring is 1. The lowest BCUT2D eigenvalue weighted by molar-refractivity contribution is 0.230. The maximum Gasteiger partial charge on any atom is 0.218 e. The van der Waals surface area contributed by atoms with Gasteiger partial charge in [0.2, 0.25) is 5.88 Å². The Labute approximate surface area is 123 Å². The van der Waals surface area contributed by atoms with Crippen LogP contribution in [-0.4, -0.2) is 16.1 Å². The number of nitrogens with two attached hydrogens (primary N) is 1. The van der Waals surface area contributed by atoms with Crippen molar-refractivity contribution in [2.75, 3.05) is 11.1 Å². The van der Waals surface area contributed by atoms with Crippen LogP contribution in [0.2, 0.25) is 0 Å². The van der Waals surface area contributed by atoms with Crippen molar-refractivity contribution in [2.24, 2.45) is 0 Å². The Kier molecular flexibility index (Phi) is 4.57. The molecule has 108 valence electrons. The zero-order valence-electron chi connectivity index (χ0n) is 12.0. The van der Waals surface area contributed by atoms with Crippen molar-refractivity contribution in [3.05, 3.63) is 41.7 Å². The van der Waals surface area contributed by atoms with Crippen molar-refractivity contribution in [3.8, 4) is 11.9 Å². The minimum absolute atomic E-state index is 0.0451. The van der Waals surface area contributed by atoms with Gasteiger partial charge < -0.3 is 15.8 Å². The van der Waals surface area contributed by atoms with Gasteiger partial charge in [-0.3, -0.25) is 0 Å². The van der Waals surface area contributed by atoms with Gasteiger partial charge in [-0.15, -0.1) is 0 Å². The quantitative estimate of drug-likeness (QED) is 0.874. The SMILES string of the molecule is CC(C)Oc1ncccc1CNc1nccc(C#N)c1N. The van der Waals surface area contributed by atoms with E-state index >= 15 is 0 Å². The molecule has 2 aromatic rings. The van der Waals surface area contributed by atoms with Gasteiger partial charge in [0, 0.05) is 24.5 Å². The van der Waals surface area contributed by atoms with E-state index in [0.29, 0.717) is 29.5 Å². The molecule has 0 spiro atoms. The fourth-order valence-corrected chi connectivity index (χ4v) is 1.78. The van der Waals surface area contributed by atoms with E-state index < -0.39 is 0 Å². The van der Waals surface area contributed by atoms with Gasteiger partial charge >= 0.3 is 0 Å². The van der Waals surface area contributed by atoms with Crippen molar-refractivity contribution < 1.29 is 4.74 Å². The van der Waals surface area contributed by atoms with Crippen LogP contribution >= 0.6 is 0 Å². The van der Waals surface area contributed by atoms with E-state index in [-0.39, 0.29) is 6.10 Å². The molecule has 2 rings (SSSR count). The minimum atomic E-state index is 0.0451. The van der Waals surface area contributed by atoms with E-state index in [1.165, 1.54) is 0 Å². The molecule has 0 aliphatic heterocycles. The third-order valence-electron chi connectivity index (χ3n) is 2.75. The summed E-state index contributed by atoms with van der Waals surface area (Å²) < 4.78 is 5.65. The van der Waals surface area contributed by atoms with Crippen LogP contribution in [0.3, 0.4) is 0 Å². The maximum absolute atomic E-state index is 8.96. The molecular formula is C15H17N5O. The molecule has 0 amide bonds. The second-order valence-electron chi connectivity index (χ2n) is 4.72. The molecule has 3 N–H and O–H groups in total. The van der Waals surface area contributed by atoms with Gasteiger partial charge in [-0.2, -0.15) is 5.26 Å². The average Bonchev–Trinajstić information content (AvgIpc) is 2.47. The molecule has 0 aliphatic rings. The van der Waals surface area contributed by atoms with Gasteiger partial charge in [0.15, 0.2) is 5.82 Å². The molecule has 6 nitrogen and oxygen atoms in total. The molecule has 2 aromatic heterocycles. The number of nitrogens with zero attached hydrogens (tertiary/aromatic N) is 3. The van der Waals surface area contributed by atoms with E-state index in [4.69, 9.17) is 15.7 Å². The molecule has 0 saturated carbocycles. The van der Waals surface area contributed by atoms with E-state index in [1.807, 2.05) is 32.0 Å². The van der Waals surface area contributed by atoms with E-state index in [9.17, 15) is 0 Å². The summed E-state index contributed by atoms with van der Waals surface area (Å²) >= 11 is 0. The summed E-state index contributed by atoms with van der Waals surface area (Å²) in [7, 11) is 0. The maximum atomic E-state index is 8.96. The summed E-state index contributed by atoms with van der Waals surface area (Å²) in [6.45, 7) is 4.35. The molecule has 0 radical (unpaired) electrons. The second-order valence-corrected chi connectivity index (χ2v) is 4.72. The van der Waals surface area contributed by atoms with Crippen LogP contribution in [0.5, 0.6) is 5.88 Å². The molecular weight excluding hydrogens is 266 g/mol. The van der Waals surface area contributed by atoms with Crippen molar-refractivity contribution in [1.82, 2.24) is 9.97 Å². The number of anilines is 2. The third kappa shape index (κ3) is 3.60. The standard InChI is InChI=1S/C15H17N5O/c1-10(2)21-15-12(4-3-6-19-15)9-20-14-13(17)11(8-16)5-7-18-14/h3-7,10H,9,17H2,1-2H3,(H,18,20). The summed E-state index contributed by atoms with van der Waals surface area (Å²) in [6.07, 6.45) is 3.28. The van der Waals surface area contributed by atoms with Crippen LogP contribution < -0.4 is 15.8 Å². The first-order valence-corrected chi connectivity index (χ1v) is 6.60. The molecule has 0 fully saturated rings. The molecule has 21 heavy (non-hydrogen) atoms. The highest BCUT2D eigenvalue weighted by atomic mass is 16.5. The molecule has 0 bridgehead atoms. The molecule has 0 saturated heterocycles. The molecule has 0 aliphatic carbocycles. The fourth-order valence-electron chi connectivity index (χ4n) is 1.78. The van der Waals surface area contributed by atoms with Gasteiger partial charge in [0.05, 0.1) is 17.4 Å². The first-order valence-electron chi connectivity index (χ1n) is 6.60. The lowest BCUT2D eigenvalue weighted by Gasteiger charge is -2.14. The average molecular weight is 283 g/mol. The lowest BCUT2D eigenvalue weighted by atomic mass is 10.2. The molecule has 6 heteroatoms. The van der Waals surface area contributed by atoms with Crippen LogP contribution in [0.4, 0.5) is 11.5 Å². The van der Waals surface area contributed by atoms with Gasteiger partial charge in [-0.1, -0.05) is 6.07 Å². The number of hydrogen-bond acceptors (Lipinski definition) is 6. The summed E-state index contributed by atoms with van der Waals surface area (Å²) in [6, 6.07) is 7.37. The predicted octanol–water partition coefficient (Wildman–Crippen LogP) is 2.33. The van der Waals surface area contributed by atoms with Gasteiger partial charge in [0.25, 0.3) is 0 Å². The zero-order chi connectivity index (χ0) is 15.2. The van der Waals surface area contributed by atoms with E-state index in [1.54, 1.807) is 18.5 Å². The van der Waals surface area contributed by atoms with Crippen LogP contribution in [0.15, 0.2) is 30.6 Å². The number of nitrogens with one attached hydrogen (secondary N) is 1. The second kappa shape index (κ2) is 6.57. The number of hydrogen-bond donors (Lipinski definition) is 2.